The van der Waals surface area contributed by atoms with Crippen LogP contribution in [0.25, 0.3) is 5.82 Å². The molecule has 1 fully saturated rings. The molecule has 2 aromatic heterocycles. The van der Waals surface area contributed by atoms with Crippen molar-refractivity contribution in [3.05, 3.63) is 47.4 Å². The van der Waals surface area contributed by atoms with E-state index >= 15 is 0 Å². The SMILES string of the molecule is Cc1ccc(C)n1-c1ccc(C2CCCCN2C=O)cn1. The predicted molar refractivity (Wildman–Crippen MR) is 82.4 cm³/mol. The molecule has 0 aromatic carbocycles. The molecule has 1 amide bonds. The number of aromatic nitrogens is 2. The monoisotopic (exact) mass is 283 g/mol. The number of pyridine rings is 1. The van der Waals surface area contributed by atoms with Crippen LogP contribution in [0, 0.1) is 13.8 Å². The van der Waals surface area contributed by atoms with Gasteiger partial charge in [-0.05, 0) is 56.9 Å². The number of carbonyl (C=O) groups excluding carboxylic acids is 1. The van der Waals surface area contributed by atoms with E-state index in [9.17, 15) is 4.79 Å². The van der Waals surface area contributed by atoms with Crippen molar-refractivity contribution in [3.8, 4) is 5.82 Å². The fraction of sp³-hybridized carbons (Fsp3) is 0.412. The lowest BCUT2D eigenvalue weighted by Gasteiger charge is -2.32. The molecule has 21 heavy (non-hydrogen) atoms. The lowest BCUT2D eigenvalue weighted by atomic mass is 9.97. The quantitative estimate of drug-likeness (QED) is 0.811. The Morgan fingerprint density at radius 2 is 1.90 bits per heavy atom. The average Bonchev–Trinajstić information content (AvgIpc) is 2.86. The lowest BCUT2D eigenvalue weighted by molar-refractivity contribution is -0.121. The zero-order valence-electron chi connectivity index (χ0n) is 12.6. The largest absolute Gasteiger partial charge is 0.338 e. The van der Waals surface area contributed by atoms with Gasteiger partial charge in [-0.15, -0.1) is 0 Å². The zero-order valence-corrected chi connectivity index (χ0v) is 12.6. The topological polar surface area (TPSA) is 38.1 Å². The van der Waals surface area contributed by atoms with Crippen LogP contribution < -0.4 is 0 Å². The maximum atomic E-state index is 11.2. The van der Waals surface area contributed by atoms with Gasteiger partial charge in [0.1, 0.15) is 5.82 Å². The van der Waals surface area contributed by atoms with E-state index in [2.05, 4.69) is 41.6 Å². The minimum Gasteiger partial charge on any atom is -0.338 e. The highest BCUT2D eigenvalue weighted by Gasteiger charge is 2.22. The molecule has 1 aliphatic heterocycles. The Hall–Kier alpha value is -2.10. The Morgan fingerprint density at radius 3 is 2.52 bits per heavy atom. The first-order valence-corrected chi connectivity index (χ1v) is 7.53. The molecule has 1 unspecified atom stereocenters. The summed E-state index contributed by atoms with van der Waals surface area (Å²) in [6.07, 6.45) is 6.19. The highest BCUT2D eigenvalue weighted by atomic mass is 16.1. The van der Waals surface area contributed by atoms with Crippen LogP contribution in [-0.4, -0.2) is 27.4 Å². The molecule has 0 aliphatic carbocycles. The number of amides is 1. The van der Waals surface area contributed by atoms with Crippen LogP contribution in [0.4, 0.5) is 0 Å². The predicted octanol–water partition coefficient (Wildman–Crippen LogP) is 3.17. The molecule has 4 heteroatoms. The number of hydrogen-bond donors (Lipinski definition) is 0. The van der Waals surface area contributed by atoms with Gasteiger partial charge in [-0.25, -0.2) is 4.98 Å². The molecule has 1 saturated heterocycles. The van der Waals surface area contributed by atoms with Gasteiger partial charge in [0.15, 0.2) is 0 Å². The third-order valence-corrected chi connectivity index (χ3v) is 4.34. The molecular weight excluding hydrogens is 262 g/mol. The minimum atomic E-state index is 0.185. The number of rotatable bonds is 3. The molecule has 0 bridgehead atoms. The van der Waals surface area contributed by atoms with E-state index in [0.717, 1.165) is 37.2 Å². The zero-order chi connectivity index (χ0) is 14.8. The Kier molecular flexibility index (Phi) is 3.78. The second-order valence-corrected chi connectivity index (χ2v) is 5.76. The summed E-state index contributed by atoms with van der Waals surface area (Å²) >= 11 is 0. The molecule has 2 aromatic rings. The van der Waals surface area contributed by atoms with Crippen LogP contribution >= 0.6 is 0 Å². The van der Waals surface area contributed by atoms with Crippen LogP contribution in [0.2, 0.25) is 0 Å². The van der Waals surface area contributed by atoms with Crippen molar-refractivity contribution in [1.82, 2.24) is 14.5 Å². The fourth-order valence-electron chi connectivity index (χ4n) is 3.19. The minimum absolute atomic E-state index is 0.185. The molecule has 1 aliphatic rings. The summed E-state index contributed by atoms with van der Waals surface area (Å²) in [4.78, 5) is 17.7. The van der Waals surface area contributed by atoms with Crippen LogP contribution in [0.1, 0.15) is 42.3 Å². The van der Waals surface area contributed by atoms with Gasteiger partial charge in [0, 0.05) is 24.1 Å². The first kappa shape index (κ1) is 13.9. The van der Waals surface area contributed by atoms with Gasteiger partial charge >= 0.3 is 0 Å². The van der Waals surface area contributed by atoms with Gasteiger partial charge in [-0.1, -0.05) is 6.07 Å². The van der Waals surface area contributed by atoms with Crippen molar-refractivity contribution >= 4 is 6.41 Å². The van der Waals surface area contributed by atoms with E-state index in [1.807, 2.05) is 17.2 Å². The number of hydrogen-bond acceptors (Lipinski definition) is 2. The molecule has 110 valence electrons. The Bertz CT molecular complexity index is 610. The molecule has 1 atom stereocenters. The number of carbonyl (C=O) groups is 1. The number of likely N-dealkylation sites (tertiary alicyclic amines) is 1. The molecule has 3 heterocycles. The highest BCUT2D eigenvalue weighted by molar-refractivity contribution is 5.49. The third kappa shape index (κ3) is 2.58. The van der Waals surface area contributed by atoms with Crippen molar-refractivity contribution in [2.45, 2.75) is 39.2 Å². The summed E-state index contributed by atoms with van der Waals surface area (Å²) in [6, 6.07) is 8.53. The number of nitrogens with zero attached hydrogens (tertiary/aromatic N) is 3. The molecule has 4 nitrogen and oxygen atoms in total. The summed E-state index contributed by atoms with van der Waals surface area (Å²) in [6.45, 7) is 5.02. The Morgan fingerprint density at radius 1 is 1.14 bits per heavy atom. The first-order valence-electron chi connectivity index (χ1n) is 7.53. The number of piperidine rings is 1. The van der Waals surface area contributed by atoms with Crippen LogP contribution in [0.3, 0.4) is 0 Å². The number of aryl methyl sites for hydroxylation is 2. The van der Waals surface area contributed by atoms with Crippen LogP contribution in [0.5, 0.6) is 0 Å². The molecule has 0 spiro atoms. The first-order chi connectivity index (χ1) is 10.2. The molecular formula is C17H21N3O. The molecule has 0 N–H and O–H groups in total. The standard InChI is InChI=1S/C17H21N3O/c1-13-6-7-14(2)20(13)17-9-8-15(11-18-17)16-5-3-4-10-19(16)12-21/h6-9,11-12,16H,3-5,10H2,1-2H3. The second-order valence-electron chi connectivity index (χ2n) is 5.76. The van der Waals surface area contributed by atoms with Crippen LogP contribution in [0.15, 0.2) is 30.5 Å². The summed E-state index contributed by atoms with van der Waals surface area (Å²) in [5.41, 5.74) is 3.49. The van der Waals surface area contributed by atoms with E-state index in [0.29, 0.717) is 0 Å². The maximum Gasteiger partial charge on any atom is 0.210 e. The smallest absolute Gasteiger partial charge is 0.210 e. The van der Waals surface area contributed by atoms with Gasteiger partial charge in [0.2, 0.25) is 6.41 Å². The van der Waals surface area contributed by atoms with Gasteiger partial charge in [0.05, 0.1) is 6.04 Å². The second kappa shape index (κ2) is 5.72. The van der Waals surface area contributed by atoms with Crippen molar-refractivity contribution < 1.29 is 4.79 Å². The third-order valence-electron chi connectivity index (χ3n) is 4.34. The fourth-order valence-corrected chi connectivity index (χ4v) is 3.19. The molecule has 0 radical (unpaired) electrons. The van der Waals surface area contributed by atoms with Crippen molar-refractivity contribution in [2.24, 2.45) is 0 Å². The van der Waals surface area contributed by atoms with E-state index in [-0.39, 0.29) is 6.04 Å². The van der Waals surface area contributed by atoms with Crippen molar-refractivity contribution in [1.29, 1.82) is 0 Å². The summed E-state index contributed by atoms with van der Waals surface area (Å²) in [5, 5.41) is 0. The van der Waals surface area contributed by atoms with Gasteiger partial charge < -0.3 is 9.47 Å². The van der Waals surface area contributed by atoms with Crippen LogP contribution in [-0.2, 0) is 4.79 Å². The Balaban J connectivity index is 1.89. The normalized spacial score (nSPS) is 18.8. The summed E-state index contributed by atoms with van der Waals surface area (Å²) in [5.74, 6) is 0.937. The summed E-state index contributed by atoms with van der Waals surface area (Å²) < 4.78 is 2.14. The maximum absolute atomic E-state index is 11.2. The van der Waals surface area contributed by atoms with E-state index in [1.54, 1.807) is 0 Å². The van der Waals surface area contributed by atoms with Gasteiger partial charge in [-0.2, -0.15) is 0 Å². The molecule has 3 rings (SSSR count). The highest BCUT2D eigenvalue weighted by Crippen LogP contribution is 2.29. The van der Waals surface area contributed by atoms with E-state index in [4.69, 9.17) is 0 Å². The Labute approximate surface area is 125 Å². The lowest BCUT2D eigenvalue weighted by Crippen LogP contribution is -2.32. The molecule has 0 saturated carbocycles. The van der Waals surface area contributed by atoms with Crippen molar-refractivity contribution in [3.63, 3.8) is 0 Å². The van der Waals surface area contributed by atoms with E-state index in [1.165, 1.54) is 17.8 Å². The summed E-state index contributed by atoms with van der Waals surface area (Å²) in [7, 11) is 0. The van der Waals surface area contributed by atoms with E-state index < -0.39 is 0 Å². The van der Waals surface area contributed by atoms with Gasteiger partial charge in [0.25, 0.3) is 0 Å². The average molecular weight is 283 g/mol. The van der Waals surface area contributed by atoms with Crippen molar-refractivity contribution in [2.75, 3.05) is 6.54 Å². The van der Waals surface area contributed by atoms with Gasteiger partial charge in [-0.3, -0.25) is 4.79 Å².